The highest BCUT2D eigenvalue weighted by atomic mass is 32.2. The first kappa shape index (κ1) is 23.9. The second-order valence-electron chi connectivity index (χ2n) is 7.63. The second-order valence-corrected chi connectivity index (χ2v) is 8.64. The number of hydrogen-bond acceptors (Lipinski definition) is 7. The maximum atomic E-state index is 13.4. The quantitative estimate of drug-likeness (QED) is 0.399. The van der Waals surface area contributed by atoms with E-state index < -0.39 is 0 Å². The van der Waals surface area contributed by atoms with E-state index in [4.69, 9.17) is 9.73 Å². The predicted molar refractivity (Wildman–Crippen MR) is 142 cm³/mol. The van der Waals surface area contributed by atoms with Gasteiger partial charge in [0.2, 0.25) is 0 Å². The van der Waals surface area contributed by atoms with Gasteiger partial charge in [-0.25, -0.2) is 4.99 Å². The molecular formula is C27H25N5O2S. The van der Waals surface area contributed by atoms with Crippen LogP contribution in [0.1, 0.15) is 18.1 Å². The number of nitrogens with zero attached hydrogens (tertiary/aromatic N) is 3. The van der Waals surface area contributed by atoms with Gasteiger partial charge in [0.1, 0.15) is 5.75 Å². The van der Waals surface area contributed by atoms with E-state index in [1.807, 2.05) is 67.6 Å². The van der Waals surface area contributed by atoms with Gasteiger partial charge in [-0.3, -0.25) is 9.69 Å². The maximum Gasteiger partial charge on any atom is 0.268 e. The number of carbonyl (C=O) groups excluding carboxylic acids is 1. The highest BCUT2D eigenvalue weighted by Gasteiger charge is 2.33. The number of hydrogen-bond donors (Lipinski definition) is 2. The average molecular weight is 484 g/mol. The van der Waals surface area contributed by atoms with Crippen molar-refractivity contribution in [2.75, 3.05) is 24.3 Å². The molecule has 1 saturated heterocycles. The summed E-state index contributed by atoms with van der Waals surface area (Å²) in [4.78, 5) is 20.4. The third-order valence-corrected chi connectivity index (χ3v) is 6.25. The van der Waals surface area contributed by atoms with Crippen LogP contribution in [-0.2, 0) is 11.3 Å². The Morgan fingerprint density at radius 3 is 2.57 bits per heavy atom. The Bertz CT molecular complexity index is 1300. The van der Waals surface area contributed by atoms with Gasteiger partial charge in [0, 0.05) is 18.4 Å². The fraction of sp³-hybridized carbons (Fsp3) is 0.148. The number of thioether (sulfide) groups is 1. The van der Waals surface area contributed by atoms with Crippen LogP contribution in [0.4, 0.5) is 17.1 Å². The van der Waals surface area contributed by atoms with E-state index in [9.17, 15) is 10.1 Å². The molecule has 1 heterocycles. The molecule has 0 saturated carbocycles. The van der Waals surface area contributed by atoms with E-state index in [-0.39, 0.29) is 5.91 Å². The number of carbonyl (C=O) groups is 1. The predicted octanol–water partition coefficient (Wildman–Crippen LogP) is 5.72. The van der Waals surface area contributed by atoms with Gasteiger partial charge in [0.25, 0.3) is 5.91 Å². The largest absolute Gasteiger partial charge is 0.497 e. The van der Waals surface area contributed by atoms with Crippen molar-refractivity contribution in [1.29, 1.82) is 5.26 Å². The number of aliphatic imine (C=N–C) groups is 1. The molecule has 7 nitrogen and oxygen atoms in total. The molecule has 1 aliphatic rings. The van der Waals surface area contributed by atoms with E-state index in [2.05, 4.69) is 16.7 Å². The summed E-state index contributed by atoms with van der Waals surface area (Å²) in [5, 5.41) is 16.4. The Hall–Kier alpha value is -4.22. The van der Waals surface area contributed by atoms with Crippen LogP contribution in [0.3, 0.4) is 0 Å². The molecule has 3 aromatic carbocycles. The van der Waals surface area contributed by atoms with E-state index >= 15 is 0 Å². The van der Waals surface area contributed by atoms with Gasteiger partial charge in [0.05, 0.1) is 41.6 Å². The van der Waals surface area contributed by atoms with Crippen LogP contribution in [0.15, 0.2) is 88.9 Å². The number of amides is 1. The highest BCUT2D eigenvalue weighted by Crippen LogP contribution is 2.36. The van der Waals surface area contributed by atoms with Crippen LogP contribution in [0.2, 0.25) is 0 Å². The number of nitriles is 1. The van der Waals surface area contributed by atoms with E-state index in [1.54, 1.807) is 30.3 Å². The smallest absolute Gasteiger partial charge is 0.268 e. The topological polar surface area (TPSA) is 89.7 Å². The molecule has 8 heteroatoms. The molecule has 0 aromatic heterocycles. The molecule has 1 fully saturated rings. The Balaban J connectivity index is 1.68. The molecule has 0 unspecified atom stereocenters. The van der Waals surface area contributed by atoms with Crippen LogP contribution in [0, 0.1) is 11.3 Å². The minimum atomic E-state index is -0.139. The van der Waals surface area contributed by atoms with Gasteiger partial charge in [0.15, 0.2) is 5.17 Å². The van der Waals surface area contributed by atoms with Crippen molar-refractivity contribution in [3.05, 3.63) is 95.0 Å². The monoisotopic (exact) mass is 483 g/mol. The summed E-state index contributed by atoms with van der Waals surface area (Å²) >= 11 is 1.30. The summed E-state index contributed by atoms with van der Waals surface area (Å²) in [6.45, 7) is 3.09. The van der Waals surface area contributed by atoms with Crippen molar-refractivity contribution in [3.8, 4) is 11.8 Å². The van der Waals surface area contributed by atoms with Crippen LogP contribution in [0.5, 0.6) is 5.75 Å². The number of methoxy groups -OCH3 is 1. The lowest BCUT2D eigenvalue weighted by atomic mass is 10.2. The van der Waals surface area contributed by atoms with Crippen molar-refractivity contribution >= 4 is 39.9 Å². The molecule has 1 aliphatic heterocycles. The SMILES string of the molecule is CCNc1ccc(C#N)cc1N=C1SC(=CNc2ccc(OC)cc2)C(=O)N1Cc1ccccc1. The fourth-order valence-electron chi connectivity index (χ4n) is 3.47. The number of rotatable bonds is 8. The zero-order chi connectivity index (χ0) is 24.6. The number of nitrogens with one attached hydrogen (secondary N) is 2. The molecule has 0 bridgehead atoms. The van der Waals surface area contributed by atoms with E-state index in [1.165, 1.54) is 11.8 Å². The molecule has 0 spiro atoms. The normalized spacial score (nSPS) is 15.3. The summed E-state index contributed by atoms with van der Waals surface area (Å²) < 4.78 is 5.20. The van der Waals surface area contributed by atoms with Crippen molar-refractivity contribution in [1.82, 2.24) is 4.90 Å². The maximum absolute atomic E-state index is 13.4. The second kappa shape index (κ2) is 11.3. The number of benzene rings is 3. The molecule has 0 radical (unpaired) electrons. The summed E-state index contributed by atoms with van der Waals surface area (Å²) in [7, 11) is 1.62. The Morgan fingerprint density at radius 1 is 1.11 bits per heavy atom. The Labute approximate surface area is 209 Å². The van der Waals surface area contributed by atoms with Gasteiger partial charge in [-0.1, -0.05) is 30.3 Å². The summed E-state index contributed by atoms with van der Waals surface area (Å²) in [6.07, 6.45) is 1.70. The first-order valence-corrected chi connectivity index (χ1v) is 11.9. The lowest BCUT2D eigenvalue weighted by Crippen LogP contribution is -2.28. The zero-order valence-corrected chi connectivity index (χ0v) is 20.3. The molecule has 35 heavy (non-hydrogen) atoms. The van der Waals surface area contributed by atoms with Crippen LogP contribution < -0.4 is 15.4 Å². The van der Waals surface area contributed by atoms with Crippen LogP contribution in [0.25, 0.3) is 0 Å². The fourth-order valence-corrected chi connectivity index (χ4v) is 4.38. The number of anilines is 2. The van der Waals surface area contributed by atoms with Gasteiger partial charge in [-0.2, -0.15) is 5.26 Å². The molecule has 0 aliphatic carbocycles. The molecule has 3 aromatic rings. The first-order valence-electron chi connectivity index (χ1n) is 11.1. The lowest BCUT2D eigenvalue weighted by Gasteiger charge is -2.16. The summed E-state index contributed by atoms with van der Waals surface area (Å²) in [6, 6.07) is 24.7. The van der Waals surface area contributed by atoms with E-state index in [0.717, 1.165) is 22.7 Å². The van der Waals surface area contributed by atoms with Gasteiger partial charge >= 0.3 is 0 Å². The van der Waals surface area contributed by atoms with Gasteiger partial charge in [-0.05, 0) is 66.7 Å². The molecule has 4 rings (SSSR count). The van der Waals surface area contributed by atoms with Crippen molar-refractivity contribution < 1.29 is 9.53 Å². The lowest BCUT2D eigenvalue weighted by molar-refractivity contribution is -0.122. The standard InChI is InChI=1S/C27H25N5O2S/c1-3-29-23-14-9-20(16-28)15-24(23)31-27-32(18-19-7-5-4-6-8-19)26(33)25(35-27)17-30-21-10-12-22(34-2)13-11-21/h4-15,17,29-30H,3,18H2,1-2H3. The molecular weight excluding hydrogens is 458 g/mol. The number of amidine groups is 1. The Kier molecular flexibility index (Phi) is 7.70. The third kappa shape index (κ3) is 5.83. The molecule has 176 valence electrons. The van der Waals surface area contributed by atoms with Crippen LogP contribution >= 0.6 is 11.8 Å². The number of ether oxygens (including phenoxy) is 1. The van der Waals surface area contributed by atoms with Gasteiger partial charge < -0.3 is 15.4 Å². The van der Waals surface area contributed by atoms with Crippen LogP contribution in [-0.4, -0.2) is 29.6 Å². The highest BCUT2D eigenvalue weighted by molar-refractivity contribution is 8.18. The summed E-state index contributed by atoms with van der Waals surface area (Å²) in [5.41, 5.74) is 3.76. The van der Waals surface area contributed by atoms with Crippen molar-refractivity contribution in [2.24, 2.45) is 4.99 Å². The first-order chi connectivity index (χ1) is 17.1. The Morgan fingerprint density at radius 2 is 1.89 bits per heavy atom. The minimum Gasteiger partial charge on any atom is -0.497 e. The molecule has 1 amide bonds. The zero-order valence-electron chi connectivity index (χ0n) is 19.5. The van der Waals surface area contributed by atoms with Gasteiger partial charge in [-0.15, -0.1) is 0 Å². The summed E-state index contributed by atoms with van der Waals surface area (Å²) in [5.74, 6) is 0.620. The average Bonchev–Trinajstić information content (AvgIpc) is 3.18. The van der Waals surface area contributed by atoms with Crippen molar-refractivity contribution in [3.63, 3.8) is 0 Å². The molecule has 0 atom stereocenters. The molecule has 2 N–H and O–H groups in total. The van der Waals surface area contributed by atoms with E-state index in [0.29, 0.717) is 34.4 Å². The van der Waals surface area contributed by atoms with Crippen molar-refractivity contribution in [2.45, 2.75) is 13.5 Å². The minimum absolute atomic E-state index is 0.139. The third-order valence-electron chi connectivity index (χ3n) is 5.24.